The van der Waals surface area contributed by atoms with Gasteiger partial charge in [-0.25, -0.2) is 20.8 Å². The molecule has 2 aromatic heterocycles. The number of hydrazine groups is 1. The van der Waals surface area contributed by atoms with Crippen LogP contribution >= 0.6 is 0 Å². The van der Waals surface area contributed by atoms with Crippen LogP contribution in [0.5, 0.6) is 0 Å². The van der Waals surface area contributed by atoms with Gasteiger partial charge in [-0.15, -0.1) is 5.10 Å². The van der Waals surface area contributed by atoms with Crippen LogP contribution in [0.25, 0.3) is 5.82 Å². The average Bonchev–Trinajstić information content (AvgIpc) is 3.16. The fourth-order valence-electron chi connectivity index (χ4n) is 2.11. The quantitative estimate of drug-likeness (QED) is 0.634. The van der Waals surface area contributed by atoms with E-state index in [1.807, 2.05) is 20.8 Å². The van der Waals surface area contributed by atoms with Crippen LogP contribution < -0.4 is 11.3 Å². The molecular weight excluding hydrogens is 242 g/mol. The number of nitrogens with zero attached hydrogens (tertiary/aromatic N) is 5. The number of nitrogen functional groups attached to an aromatic ring is 1. The minimum atomic E-state index is 0.455. The van der Waals surface area contributed by atoms with Crippen molar-refractivity contribution in [3.8, 4) is 5.82 Å². The van der Waals surface area contributed by atoms with E-state index in [4.69, 9.17) is 5.84 Å². The Kier molecular flexibility index (Phi) is 2.70. The van der Waals surface area contributed by atoms with Gasteiger partial charge in [0.15, 0.2) is 5.82 Å². The predicted octanol–water partition coefficient (Wildman–Crippen LogP) is 1.15. The summed E-state index contributed by atoms with van der Waals surface area (Å²) in [6.07, 6.45) is 2.28. The second-order valence-electron chi connectivity index (χ2n) is 4.92. The Morgan fingerprint density at radius 2 is 1.89 bits per heavy atom. The molecule has 100 valence electrons. The largest absolute Gasteiger partial charge is 0.308 e. The Morgan fingerprint density at radius 3 is 2.42 bits per heavy atom. The van der Waals surface area contributed by atoms with Crippen molar-refractivity contribution in [3.63, 3.8) is 0 Å². The number of hydrogen-bond acceptors (Lipinski definition) is 6. The Hall–Kier alpha value is -2.02. The van der Waals surface area contributed by atoms with Crippen molar-refractivity contribution >= 4 is 5.82 Å². The highest BCUT2D eigenvalue weighted by Gasteiger charge is 2.28. The highest BCUT2D eigenvalue weighted by Crippen LogP contribution is 2.39. The van der Waals surface area contributed by atoms with Gasteiger partial charge in [-0.05, 0) is 33.6 Å². The van der Waals surface area contributed by atoms with Crippen molar-refractivity contribution < 1.29 is 0 Å². The number of nitrogens with one attached hydrogen (secondary N) is 1. The molecule has 0 amide bonds. The molecule has 1 aliphatic rings. The number of aromatic nitrogens is 5. The van der Waals surface area contributed by atoms with Crippen molar-refractivity contribution in [2.75, 3.05) is 5.43 Å². The molecule has 0 radical (unpaired) electrons. The molecule has 7 nitrogen and oxygen atoms in total. The van der Waals surface area contributed by atoms with Gasteiger partial charge in [-0.1, -0.05) is 0 Å². The minimum absolute atomic E-state index is 0.455. The van der Waals surface area contributed by atoms with Crippen molar-refractivity contribution in [2.24, 2.45) is 5.84 Å². The average molecular weight is 259 g/mol. The molecule has 19 heavy (non-hydrogen) atoms. The number of hydrogen-bond donors (Lipinski definition) is 2. The Bertz CT molecular complexity index is 627. The van der Waals surface area contributed by atoms with E-state index in [9.17, 15) is 0 Å². The molecule has 0 spiro atoms. The molecule has 1 fully saturated rings. The molecule has 0 aromatic carbocycles. The zero-order chi connectivity index (χ0) is 13.6. The molecule has 1 aliphatic carbocycles. The fourth-order valence-corrected chi connectivity index (χ4v) is 2.11. The first kappa shape index (κ1) is 12.0. The van der Waals surface area contributed by atoms with E-state index in [0.29, 0.717) is 11.7 Å². The second kappa shape index (κ2) is 4.27. The Morgan fingerprint density at radius 1 is 1.16 bits per heavy atom. The summed E-state index contributed by atoms with van der Waals surface area (Å²) >= 11 is 0. The van der Waals surface area contributed by atoms with Gasteiger partial charge in [0, 0.05) is 11.5 Å². The summed E-state index contributed by atoms with van der Waals surface area (Å²) in [4.78, 5) is 13.4. The van der Waals surface area contributed by atoms with Gasteiger partial charge in [0.05, 0.1) is 0 Å². The third-order valence-electron chi connectivity index (χ3n) is 3.29. The van der Waals surface area contributed by atoms with E-state index in [1.54, 1.807) is 4.68 Å². The van der Waals surface area contributed by atoms with E-state index in [0.717, 1.165) is 41.7 Å². The summed E-state index contributed by atoms with van der Waals surface area (Å²) in [7, 11) is 0. The zero-order valence-corrected chi connectivity index (χ0v) is 11.3. The van der Waals surface area contributed by atoms with Crippen LogP contribution in [0.4, 0.5) is 5.82 Å². The molecule has 3 rings (SSSR count). The smallest absolute Gasteiger partial charge is 0.164 e. The maximum absolute atomic E-state index is 5.54. The first-order valence-corrected chi connectivity index (χ1v) is 6.36. The summed E-state index contributed by atoms with van der Waals surface area (Å²) in [6.45, 7) is 5.70. The first-order chi connectivity index (χ1) is 9.10. The molecule has 0 saturated heterocycles. The van der Waals surface area contributed by atoms with Gasteiger partial charge in [0.2, 0.25) is 0 Å². The van der Waals surface area contributed by atoms with E-state index < -0.39 is 0 Å². The molecule has 2 aromatic rings. The molecule has 0 bridgehead atoms. The maximum atomic E-state index is 5.54. The third kappa shape index (κ3) is 2.06. The minimum Gasteiger partial charge on any atom is -0.308 e. The lowest BCUT2D eigenvalue weighted by Gasteiger charge is -2.12. The van der Waals surface area contributed by atoms with Gasteiger partial charge in [0.1, 0.15) is 23.3 Å². The van der Waals surface area contributed by atoms with Crippen LogP contribution in [0, 0.1) is 20.8 Å². The Labute approximate surface area is 111 Å². The van der Waals surface area contributed by atoms with E-state index >= 15 is 0 Å². The van der Waals surface area contributed by atoms with E-state index in [1.165, 1.54) is 0 Å². The highest BCUT2D eigenvalue weighted by molar-refractivity contribution is 5.51. The molecule has 0 atom stereocenters. The molecule has 0 aliphatic heterocycles. The molecule has 3 N–H and O–H groups in total. The van der Waals surface area contributed by atoms with Crippen molar-refractivity contribution in [3.05, 3.63) is 23.0 Å². The molecule has 2 heterocycles. The lowest BCUT2D eigenvalue weighted by Crippen LogP contribution is -2.16. The number of nitrogens with two attached hydrogens (primary N) is 1. The zero-order valence-electron chi connectivity index (χ0n) is 11.3. The van der Waals surface area contributed by atoms with Gasteiger partial charge >= 0.3 is 0 Å². The molecule has 1 saturated carbocycles. The van der Waals surface area contributed by atoms with Crippen molar-refractivity contribution in [1.29, 1.82) is 0 Å². The third-order valence-corrected chi connectivity index (χ3v) is 3.29. The Balaban J connectivity index is 2.18. The topological polar surface area (TPSA) is 94.5 Å². The fraction of sp³-hybridized carbons (Fsp3) is 0.500. The SMILES string of the molecule is Cc1nc(C)n(-c2nc(C3CC3)nc(NN)c2C)n1. The van der Waals surface area contributed by atoms with Crippen molar-refractivity contribution in [1.82, 2.24) is 24.7 Å². The van der Waals surface area contributed by atoms with Crippen LogP contribution in [-0.2, 0) is 0 Å². The van der Waals surface area contributed by atoms with Crippen LogP contribution in [0.15, 0.2) is 0 Å². The predicted molar refractivity (Wildman–Crippen MR) is 70.9 cm³/mol. The van der Waals surface area contributed by atoms with Crippen LogP contribution in [0.3, 0.4) is 0 Å². The maximum Gasteiger partial charge on any atom is 0.164 e. The van der Waals surface area contributed by atoms with E-state index in [-0.39, 0.29) is 0 Å². The van der Waals surface area contributed by atoms with Gasteiger partial charge < -0.3 is 5.43 Å². The van der Waals surface area contributed by atoms with Gasteiger partial charge in [-0.3, -0.25) is 0 Å². The van der Waals surface area contributed by atoms with E-state index in [2.05, 4.69) is 25.5 Å². The van der Waals surface area contributed by atoms with Gasteiger partial charge in [-0.2, -0.15) is 4.68 Å². The second-order valence-corrected chi connectivity index (χ2v) is 4.92. The standard InChI is InChI=1S/C12H17N7/c1-6-10(17-13)15-11(9-4-5-9)16-12(6)19-8(3)14-7(2)18-19/h9H,4-5,13H2,1-3H3,(H,15,16,17). The summed E-state index contributed by atoms with van der Waals surface area (Å²) < 4.78 is 1.75. The molecule has 7 heteroatoms. The highest BCUT2D eigenvalue weighted by atomic mass is 15.4. The van der Waals surface area contributed by atoms with Crippen LogP contribution in [0.2, 0.25) is 0 Å². The first-order valence-electron chi connectivity index (χ1n) is 6.36. The lowest BCUT2D eigenvalue weighted by atomic mass is 10.3. The summed E-state index contributed by atoms with van der Waals surface area (Å²) in [5.41, 5.74) is 3.52. The molecule has 0 unspecified atom stereocenters. The van der Waals surface area contributed by atoms with Crippen LogP contribution in [-0.4, -0.2) is 24.7 Å². The molecular formula is C12H17N7. The summed E-state index contributed by atoms with van der Waals surface area (Å²) in [5.74, 6) is 9.78. The summed E-state index contributed by atoms with van der Waals surface area (Å²) in [6, 6.07) is 0. The van der Waals surface area contributed by atoms with Gasteiger partial charge in [0.25, 0.3) is 0 Å². The number of rotatable bonds is 3. The normalized spacial score (nSPS) is 14.7. The van der Waals surface area contributed by atoms with Crippen LogP contribution in [0.1, 0.15) is 41.8 Å². The number of anilines is 1. The lowest BCUT2D eigenvalue weighted by molar-refractivity contribution is 0.770. The number of aryl methyl sites for hydroxylation is 2. The summed E-state index contributed by atoms with van der Waals surface area (Å²) in [5, 5.41) is 4.38. The monoisotopic (exact) mass is 259 g/mol. The van der Waals surface area contributed by atoms with Crippen molar-refractivity contribution in [2.45, 2.75) is 39.5 Å².